The monoisotopic (exact) mass is 339 g/mol. The Hall–Kier alpha value is -3.03. The summed E-state index contributed by atoms with van der Waals surface area (Å²) in [6.45, 7) is -0.0757. The van der Waals surface area contributed by atoms with Crippen molar-refractivity contribution in [2.75, 3.05) is 0 Å². The molecule has 3 N–H and O–H groups in total. The summed E-state index contributed by atoms with van der Waals surface area (Å²) in [5.74, 6) is -2.80. The van der Waals surface area contributed by atoms with Gasteiger partial charge < -0.3 is 15.5 Å². The lowest BCUT2D eigenvalue weighted by atomic mass is 10.1. The summed E-state index contributed by atoms with van der Waals surface area (Å²) in [6, 6.07) is 7.91. The molecule has 1 amide bonds. The SMILES string of the molecule is O=C(O)c1cccc(C(=O)NCc2ccc(C(F)(F)F)cc2)c1O. The fraction of sp³-hybridized carbons (Fsp3) is 0.125. The molecule has 2 rings (SSSR count). The molecule has 5 nitrogen and oxygen atoms in total. The van der Waals surface area contributed by atoms with E-state index in [1.54, 1.807) is 0 Å². The lowest BCUT2D eigenvalue weighted by Crippen LogP contribution is -2.23. The number of para-hydroxylation sites is 1. The lowest BCUT2D eigenvalue weighted by Gasteiger charge is -2.10. The number of amides is 1. The molecule has 0 saturated carbocycles. The number of rotatable bonds is 4. The number of nitrogens with one attached hydrogen (secondary N) is 1. The number of hydrogen-bond donors (Lipinski definition) is 3. The summed E-state index contributed by atoms with van der Waals surface area (Å²) >= 11 is 0. The first-order valence-electron chi connectivity index (χ1n) is 6.69. The number of aromatic carboxylic acids is 1. The molecule has 0 radical (unpaired) electrons. The van der Waals surface area contributed by atoms with E-state index in [9.17, 15) is 27.9 Å². The van der Waals surface area contributed by atoms with Crippen LogP contribution in [0.15, 0.2) is 42.5 Å². The molecule has 2 aromatic carbocycles. The molecule has 0 fully saturated rings. The standard InChI is InChI=1S/C16H12F3NO4/c17-16(18,19)10-6-4-9(5-7-10)8-20-14(22)11-2-1-3-12(13(11)21)15(23)24/h1-7,21H,8H2,(H,20,22)(H,23,24). The van der Waals surface area contributed by atoms with E-state index in [2.05, 4.69) is 5.32 Å². The molecule has 0 bridgehead atoms. The van der Waals surface area contributed by atoms with E-state index in [4.69, 9.17) is 5.11 Å². The van der Waals surface area contributed by atoms with Crippen LogP contribution in [-0.2, 0) is 12.7 Å². The number of benzene rings is 2. The number of carboxylic acids is 1. The van der Waals surface area contributed by atoms with Crippen LogP contribution in [0, 0.1) is 0 Å². The Morgan fingerprint density at radius 1 is 1.00 bits per heavy atom. The zero-order valence-electron chi connectivity index (χ0n) is 12.1. The van der Waals surface area contributed by atoms with E-state index in [1.165, 1.54) is 24.3 Å². The first kappa shape index (κ1) is 17.3. The average molecular weight is 339 g/mol. The normalized spacial score (nSPS) is 11.1. The van der Waals surface area contributed by atoms with Gasteiger partial charge in [-0.1, -0.05) is 18.2 Å². The van der Waals surface area contributed by atoms with Gasteiger partial charge in [0.15, 0.2) is 0 Å². The third kappa shape index (κ3) is 3.83. The van der Waals surface area contributed by atoms with Crippen molar-refractivity contribution in [2.24, 2.45) is 0 Å². The van der Waals surface area contributed by atoms with Crippen molar-refractivity contribution in [3.63, 3.8) is 0 Å². The minimum atomic E-state index is -4.44. The maximum absolute atomic E-state index is 12.5. The van der Waals surface area contributed by atoms with Crippen molar-refractivity contribution < 1.29 is 33.0 Å². The van der Waals surface area contributed by atoms with Crippen molar-refractivity contribution >= 4 is 11.9 Å². The molecule has 0 aliphatic heterocycles. The van der Waals surface area contributed by atoms with E-state index in [0.717, 1.165) is 18.2 Å². The number of alkyl halides is 3. The first-order valence-corrected chi connectivity index (χ1v) is 6.69. The van der Waals surface area contributed by atoms with Gasteiger partial charge in [0.05, 0.1) is 11.1 Å². The second-order valence-corrected chi connectivity index (χ2v) is 4.88. The van der Waals surface area contributed by atoms with Gasteiger partial charge in [-0.05, 0) is 29.8 Å². The van der Waals surface area contributed by atoms with Crippen molar-refractivity contribution in [1.29, 1.82) is 0 Å². The minimum Gasteiger partial charge on any atom is -0.506 e. The topological polar surface area (TPSA) is 86.6 Å². The van der Waals surface area contributed by atoms with Crippen LogP contribution >= 0.6 is 0 Å². The summed E-state index contributed by atoms with van der Waals surface area (Å²) in [6.07, 6.45) is -4.44. The summed E-state index contributed by atoms with van der Waals surface area (Å²) in [4.78, 5) is 22.9. The third-order valence-corrected chi connectivity index (χ3v) is 3.25. The Labute approximate surface area is 134 Å². The number of hydrogen-bond acceptors (Lipinski definition) is 3. The van der Waals surface area contributed by atoms with Gasteiger partial charge in [-0.2, -0.15) is 13.2 Å². The molecule has 0 saturated heterocycles. The summed E-state index contributed by atoms with van der Waals surface area (Å²) < 4.78 is 37.4. The third-order valence-electron chi connectivity index (χ3n) is 3.25. The molecule has 2 aromatic rings. The van der Waals surface area contributed by atoms with Crippen LogP contribution in [0.5, 0.6) is 5.75 Å². The number of carbonyl (C=O) groups excluding carboxylic acids is 1. The first-order chi connectivity index (χ1) is 11.2. The number of carboxylic acid groups (broad SMARTS) is 1. The molecule has 24 heavy (non-hydrogen) atoms. The molecule has 0 aromatic heterocycles. The van der Waals surface area contributed by atoms with Crippen LogP contribution in [0.25, 0.3) is 0 Å². The molecule has 8 heteroatoms. The molecular weight excluding hydrogens is 327 g/mol. The van der Waals surface area contributed by atoms with Gasteiger partial charge in [0, 0.05) is 6.54 Å². The summed E-state index contributed by atoms with van der Waals surface area (Å²) in [7, 11) is 0. The number of carbonyl (C=O) groups is 2. The minimum absolute atomic E-state index is 0.0757. The van der Waals surface area contributed by atoms with Crippen molar-refractivity contribution in [3.8, 4) is 5.75 Å². The zero-order chi connectivity index (χ0) is 17.9. The molecule has 0 heterocycles. The highest BCUT2D eigenvalue weighted by Gasteiger charge is 2.29. The Morgan fingerprint density at radius 2 is 1.58 bits per heavy atom. The number of phenols is 1. The Bertz CT molecular complexity index is 770. The van der Waals surface area contributed by atoms with Gasteiger partial charge in [0.2, 0.25) is 0 Å². The zero-order valence-corrected chi connectivity index (χ0v) is 12.1. The van der Waals surface area contributed by atoms with Gasteiger partial charge in [0.1, 0.15) is 11.3 Å². The van der Waals surface area contributed by atoms with Crippen molar-refractivity contribution in [2.45, 2.75) is 12.7 Å². The smallest absolute Gasteiger partial charge is 0.416 e. The molecule has 126 valence electrons. The van der Waals surface area contributed by atoms with Gasteiger partial charge >= 0.3 is 12.1 Å². The lowest BCUT2D eigenvalue weighted by molar-refractivity contribution is -0.137. The summed E-state index contributed by atoms with van der Waals surface area (Å²) in [5.41, 5.74) is -1.03. The van der Waals surface area contributed by atoms with E-state index in [1.807, 2.05) is 0 Å². The fourth-order valence-electron chi connectivity index (χ4n) is 1.99. The van der Waals surface area contributed by atoms with Crippen LogP contribution in [-0.4, -0.2) is 22.1 Å². The van der Waals surface area contributed by atoms with Crippen LogP contribution in [0.1, 0.15) is 31.8 Å². The highest BCUT2D eigenvalue weighted by Crippen LogP contribution is 2.29. The van der Waals surface area contributed by atoms with Crippen LogP contribution in [0.3, 0.4) is 0 Å². The Morgan fingerprint density at radius 3 is 2.12 bits per heavy atom. The van der Waals surface area contributed by atoms with Gasteiger partial charge in [-0.25, -0.2) is 4.79 Å². The molecule has 0 aliphatic rings. The second kappa shape index (κ2) is 6.61. The van der Waals surface area contributed by atoms with E-state index in [0.29, 0.717) is 5.56 Å². The number of halogens is 3. The van der Waals surface area contributed by atoms with Crippen molar-refractivity contribution in [3.05, 3.63) is 64.7 Å². The fourth-order valence-corrected chi connectivity index (χ4v) is 1.99. The van der Waals surface area contributed by atoms with Gasteiger partial charge in [-0.15, -0.1) is 0 Å². The predicted octanol–water partition coefficient (Wildman–Crippen LogP) is 3.04. The average Bonchev–Trinajstić information content (AvgIpc) is 2.52. The van der Waals surface area contributed by atoms with Crippen LogP contribution in [0.2, 0.25) is 0 Å². The van der Waals surface area contributed by atoms with Gasteiger partial charge in [-0.3, -0.25) is 4.79 Å². The second-order valence-electron chi connectivity index (χ2n) is 4.88. The van der Waals surface area contributed by atoms with Crippen molar-refractivity contribution in [1.82, 2.24) is 5.32 Å². The predicted molar refractivity (Wildman–Crippen MR) is 77.7 cm³/mol. The Balaban J connectivity index is 2.09. The summed E-state index contributed by atoms with van der Waals surface area (Å²) in [5, 5.41) is 21.1. The molecule has 0 atom stereocenters. The largest absolute Gasteiger partial charge is 0.506 e. The van der Waals surface area contributed by atoms with E-state index in [-0.39, 0.29) is 12.1 Å². The Kier molecular flexibility index (Phi) is 4.77. The number of aromatic hydroxyl groups is 1. The van der Waals surface area contributed by atoms with Crippen LogP contribution in [0.4, 0.5) is 13.2 Å². The van der Waals surface area contributed by atoms with Gasteiger partial charge in [0.25, 0.3) is 5.91 Å². The highest BCUT2D eigenvalue weighted by molar-refractivity contribution is 6.01. The highest BCUT2D eigenvalue weighted by atomic mass is 19.4. The van der Waals surface area contributed by atoms with Crippen LogP contribution < -0.4 is 5.32 Å². The van der Waals surface area contributed by atoms with E-state index >= 15 is 0 Å². The molecule has 0 spiro atoms. The molecule has 0 aliphatic carbocycles. The molecular formula is C16H12F3NO4. The maximum atomic E-state index is 12.5. The maximum Gasteiger partial charge on any atom is 0.416 e. The molecule has 0 unspecified atom stereocenters. The quantitative estimate of drug-likeness (QED) is 0.799. The van der Waals surface area contributed by atoms with E-state index < -0.39 is 34.9 Å².